The molecule has 1 N–H and O–H groups in total. The normalized spacial score (nSPS) is 34.9. The largest absolute Gasteiger partial charge is 0.523 e. The summed E-state index contributed by atoms with van der Waals surface area (Å²) in [7, 11) is -5.10. The summed E-state index contributed by atoms with van der Waals surface area (Å²) in [5.41, 5.74) is -5.79. The van der Waals surface area contributed by atoms with Crippen LogP contribution in [0.3, 0.4) is 0 Å². The first kappa shape index (κ1) is 21.1. The molecule has 0 unspecified atom stereocenters. The first-order valence-corrected chi connectivity index (χ1v) is 10.3. The smallest absolute Gasteiger partial charge is 0.467 e. The Morgan fingerprint density at radius 1 is 1.32 bits per heavy atom. The molecule has 158 valence electrons. The average Bonchev–Trinajstić information content (AvgIpc) is 3.26. The number of carbonyl (C=O) groups excluding carboxylic acids is 3. The molecule has 0 saturated carbocycles. The molecule has 0 bridgehead atoms. The minimum absolute atomic E-state index is 0.0825. The van der Waals surface area contributed by atoms with E-state index in [9.17, 15) is 36.0 Å². The van der Waals surface area contributed by atoms with Crippen molar-refractivity contribution >= 4 is 39.7 Å². The summed E-state index contributed by atoms with van der Waals surface area (Å²) in [6.45, 7) is 1.04. The van der Waals surface area contributed by atoms with Crippen LogP contribution in [0.1, 0.15) is 6.92 Å². The quantitative estimate of drug-likeness (QED) is 0.248. The number of amides is 2. The van der Waals surface area contributed by atoms with Crippen LogP contribution in [-0.4, -0.2) is 85.2 Å². The zero-order valence-corrected chi connectivity index (χ0v) is 16.0. The molecule has 3 aliphatic rings. The van der Waals surface area contributed by atoms with Crippen molar-refractivity contribution in [1.29, 1.82) is 0 Å². The van der Waals surface area contributed by atoms with Gasteiger partial charge in [-0.05, 0) is 0 Å². The summed E-state index contributed by atoms with van der Waals surface area (Å²) in [5, 5.41) is 1.46. The summed E-state index contributed by atoms with van der Waals surface area (Å²) in [6.07, 6.45) is -3.94. The van der Waals surface area contributed by atoms with Crippen molar-refractivity contribution in [1.82, 2.24) is 10.2 Å². The van der Waals surface area contributed by atoms with Gasteiger partial charge < -0.3 is 19.7 Å². The molecule has 0 aromatic rings. The van der Waals surface area contributed by atoms with Crippen molar-refractivity contribution in [2.24, 2.45) is 0 Å². The number of halogens is 3. The van der Waals surface area contributed by atoms with E-state index in [0.29, 0.717) is 0 Å². The third kappa shape index (κ3) is 3.55. The summed E-state index contributed by atoms with van der Waals surface area (Å²) in [5.74, 6) is -2.66. The Kier molecular flexibility index (Phi) is 5.31. The van der Waals surface area contributed by atoms with Crippen LogP contribution in [0, 0.1) is 0 Å². The van der Waals surface area contributed by atoms with Crippen LogP contribution in [0.5, 0.6) is 0 Å². The van der Waals surface area contributed by atoms with Gasteiger partial charge in [-0.15, -0.1) is 11.8 Å². The maximum atomic E-state index is 13.0. The van der Waals surface area contributed by atoms with Crippen LogP contribution in [0.25, 0.3) is 0 Å². The molecular weight excluding hydrogens is 433 g/mol. The zero-order chi connectivity index (χ0) is 21.0. The Balaban J connectivity index is 2.00. The Morgan fingerprint density at radius 3 is 2.50 bits per heavy atom. The van der Waals surface area contributed by atoms with Crippen LogP contribution in [0.2, 0.25) is 0 Å². The number of thioether (sulfide) groups is 1. The van der Waals surface area contributed by atoms with Crippen molar-refractivity contribution in [3.05, 3.63) is 0 Å². The van der Waals surface area contributed by atoms with Crippen LogP contribution in [-0.2, 0) is 38.2 Å². The first-order chi connectivity index (χ1) is 12.9. The van der Waals surface area contributed by atoms with Gasteiger partial charge in [-0.25, -0.2) is 8.98 Å². The minimum Gasteiger partial charge on any atom is -0.467 e. The second-order valence-corrected chi connectivity index (χ2v) is 8.93. The lowest BCUT2D eigenvalue weighted by molar-refractivity contribution is -0.155. The van der Waals surface area contributed by atoms with E-state index >= 15 is 0 Å². The lowest BCUT2D eigenvalue weighted by Crippen LogP contribution is -2.57. The first-order valence-electron chi connectivity index (χ1n) is 7.82. The molecule has 3 fully saturated rings. The number of methoxy groups -OCH3 is 1. The monoisotopic (exact) mass is 448 g/mol. The van der Waals surface area contributed by atoms with Gasteiger partial charge in [0.1, 0.15) is 23.6 Å². The fraction of sp³-hybridized carbons (Fsp3) is 0.769. The van der Waals surface area contributed by atoms with Gasteiger partial charge in [0.2, 0.25) is 5.91 Å². The average molecular weight is 448 g/mol. The van der Waals surface area contributed by atoms with E-state index in [1.165, 1.54) is 0 Å². The Bertz CT molecular complexity index is 804. The summed E-state index contributed by atoms with van der Waals surface area (Å²) >= 11 is 1.13. The molecule has 2 amide bonds. The number of fused-ring (bicyclic) bond motifs is 3. The molecule has 6 atom stereocenters. The number of epoxide rings is 1. The minimum atomic E-state index is -6.17. The van der Waals surface area contributed by atoms with Gasteiger partial charge in [-0.3, -0.25) is 9.59 Å². The van der Waals surface area contributed by atoms with Gasteiger partial charge in [-0.2, -0.15) is 21.6 Å². The fourth-order valence-corrected chi connectivity index (χ4v) is 5.27. The third-order valence-corrected chi connectivity index (χ3v) is 6.79. The van der Waals surface area contributed by atoms with E-state index in [2.05, 4.69) is 14.2 Å². The highest BCUT2D eigenvalue weighted by atomic mass is 32.2. The van der Waals surface area contributed by atoms with Crippen LogP contribution in [0.4, 0.5) is 13.2 Å². The molecule has 10 nitrogen and oxygen atoms in total. The standard InChI is InChI=1S/C13H15F3N2O8S2/c1-4(19)17-6-7-9(25-7)11-18(5(3-27-11)12(21)24-2)10(20)8(6)26-28(22,23)13(14,15)16/h5-9,11H,3H2,1-2H3,(H,17,19)/t5-,6-,7+,8-,9+,11+/m0/s1. The fourth-order valence-electron chi connectivity index (χ4n) is 3.19. The van der Waals surface area contributed by atoms with Gasteiger partial charge in [-0.1, -0.05) is 0 Å². The van der Waals surface area contributed by atoms with Gasteiger partial charge in [0, 0.05) is 12.7 Å². The lowest BCUT2D eigenvalue weighted by atomic mass is 10.1. The molecule has 3 saturated heterocycles. The number of hydrogen-bond acceptors (Lipinski definition) is 9. The van der Waals surface area contributed by atoms with Gasteiger partial charge in [0.15, 0.2) is 6.10 Å². The van der Waals surface area contributed by atoms with Crippen LogP contribution in [0.15, 0.2) is 0 Å². The SMILES string of the molecule is COC(=O)[C@@H]1CS[C@@H]2[C@@H]3O[C@@H]3[C@H](NC(C)=O)[C@H](OS(=O)(=O)C(F)(F)F)C(=O)N21. The van der Waals surface area contributed by atoms with Crippen LogP contribution >= 0.6 is 11.8 Å². The summed E-state index contributed by atoms with van der Waals surface area (Å²) in [6, 6.07) is -2.65. The second-order valence-electron chi connectivity index (χ2n) is 6.22. The Hall–Kier alpha value is -1.58. The summed E-state index contributed by atoms with van der Waals surface area (Å²) < 4.78 is 75.7. The molecule has 0 spiro atoms. The van der Waals surface area contributed by atoms with E-state index < -0.39 is 69.2 Å². The number of rotatable bonds is 4. The molecule has 0 radical (unpaired) electrons. The predicted molar refractivity (Wildman–Crippen MR) is 85.0 cm³/mol. The highest BCUT2D eigenvalue weighted by molar-refractivity contribution is 8.00. The zero-order valence-electron chi connectivity index (χ0n) is 14.3. The Labute approximate surface area is 161 Å². The highest BCUT2D eigenvalue weighted by Crippen LogP contribution is 2.46. The number of esters is 1. The van der Waals surface area contributed by atoms with E-state index in [4.69, 9.17) is 4.74 Å². The van der Waals surface area contributed by atoms with Crippen molar-refractivity contribution in [2.45, 2.75) is 48.2 Å². The van der Waals surface area contributed by atoms with Crippen molar-refractivity contribution in [3.8, 4) is 0 Å². The summed E-state index contributed by atoms with van der Waals surface area (Å²) in [4.78, 5) is 37.3. The molecular formula is C13H15F3N2O8S2. The number of carbonyl (C=O) groups is 3. The van der Waals surface area contributed by atoms with Crippen molar-refractivity contribution in [3.63, 3.8) is 0 Å². The molecule has 28 heavy (non-hydrogen) atoms. The number of nitrogens with zero attached hydrogens (tertiary/aromatic N) is 1. The number of nitrogens with one attached hydrogen (secondary N) is 1. The van der Waals surface area contributed by atoms with E-state index in [1.54, 1.807) is 0 Å². The third-order valence-electron chi connectivity index (χ3n) is 4.41. The van der Waals surface area contributed by atoms with Gasteiger partial charge in [0.05, 0.1) is 13.2 Å². The molecule has 3 rings (SSSR count). The molecule has 15 heteroatoms. The van der Waals surface area contributed by atoms with E-state index in [0.717, 1.165) is 30.7 Å². The molecule has 3 heterocycles. The Morgan fingerprint density at radius 2 is 1.96 bits per heavy atom. The molecule has 0 aromatic carbocycles. The number of ether oxygens (including phenoxy) is 2. The maximum absolute atomic E-state index is 13.0. The van der Waals surface area contributed by atoms with Gasteiger partial charge >= 0.3 is 21.6 Å². The molecule has 0 aliphatic carbocycles. The topological polar surface area (TPSA) is 132 Å². The highest BCUT2D eigenvalue weighted by Gasteiger charge is 2.65. The molecule has 3 aliphatic heterocycles. The molecule has 0 aromatic heterocycles. The lowest BCUT2D eigenvalue weighted by Gasteiger charge is -2.31. The number of hydrogen-bond donors (Lipinski definition) is 1. The predicted octanol–water partition coefficient (Wildman–Crippen LogP) is -1.05. The second kappa shape index (κ2) is 7.03. The van der Waals surface area contributed by atoms with Gasteiger partial charge in [0.25, 0.3) is 5.91 Å². The van der Waals surface area contributed by atoms with E-state index in [-0.39, 0.29) is 5.75 Å². The van der Waals surface area contributed by atoms with E-state index in [1.807, 2.05) is 0 Å². The van der Waals surface area contributed by atoms with Crippen molar-refractivity contribution in [2.75, 3.05) is 12.9 Å². The number of alkyl halides is 3. The van der Waals surface area contributed by atoms with Crippen LogP contribution < -0.4 is 5.32 Å². The maximum Gasteiger partial charge on any atom is 0.523 e. The van der Waals surface area contributed by atoms with Crippen molar-refractivity contribution < 1.29 is 49.6 Å².